The van der Waals surface area contributed by atoms with Crippen LogP contribution in [0.15, 0.2) is 53.2 Å². The predicted molar refractivity (Wildman–Crippen MR) is 88.2 cm³/mol. The molecule has 1 heterocycles. The van der Waals surface area contributed by atoms with Gasteiger partial charge in [0.15, 0.2) is 0 Å². The maximum absolute atomic E-state index is 12.0. The van der Waals surface area contributed by atoms with E-state index in [0.717, 1.165) is 11.1 Å². The second kappa shape index (κ2) is 5.95. The van der Waals surface area contributed by atoms with Gasteiger partial charge in [-0.05, 0) is 36.3 Å². The van der Waals surface area contributed by atoms with Gasteiger partial charge in [-0.25, -0.2) is 4.79 Å². The SMILES string of the molecule is Cc1ccccc1C1=NOC(=O)/C1=C\c1ccc(Cl)cc1Cl. The highest BCUT2D eigenvalue weighted by Crippen LogP contribution is 2.27. The van der Waals surface area contributed by atoms with Crippen molar-refractivity contribution in [2.75, 3.05) is 0 Å². The molecule has 5 heteroatoms. The highest BCUT2D eigenvalue weighted by molar-refractivity contribution is 6.36. The Morgan fingerprint density at radius 2 is 1.91 bits per heavy atom. The third kappa shape index (κ3) is 2.78. The Morgan fingerprint density at radius 1 is 1.14 bits per heavy atom. The van der Waals surface area contributed by atoms with Crippen molar-refractivity contribution in [3.05, 3.63) is 74.8 Å². The monoisotopic (exact) mass is 331 g/mol. The number of halogens is 2. The third-order valence-electron chi connectivity index (χ3n) is 3.36. The summed E-state index contributed by atoms with van der Waals surface area (Å²) in [6.07, 6.45) is 1.67. The molecule has 0 aliphatic carbocycles. The van der Waals surface area contributed by atoms with Gasteiger partial charge in [0.25, 0.3) is 0 Å². The fourth-order valence-electron chi connectivity index (χ4n) is 2.22. The van der Waals surface area contributed by atoms with Crippen LogP contribution >= 0.6 is 23.2 Å². The van der Waals surface area contributed by atoms with Crippen molar-refractivity contribution >= 4 is 41.0 Å². The maximum atomic E-state index is 12.0. The molecule has 0 aromatic heterocycles. The zero-order chi connectivity index (χ0) is 15.7. The van der Waals surface area contributed by atoms with Crippen molar-refractivity contribution in [3.8, 4) is 0 Å². The van der Waals surface area contributed by atoms with Crippen LogP contribution in [0.25, 0.3) is 6.08 Å². The number of oxime groups is 1. The minimum Gasteiger partial charge on any atom is -0.312 e. The van der Waals surface area contributed by atoms with Gasteiger partial charge >= 0.3 is 5.97 Å². The summed E-state index contributed by atoms with van der Waals surface area (Å²) in [6, 6.07) is 12.8. The molecule has 0 N–H and O–H groups in total. The molecule has 3 nitrogen and oxygen atoms in total. The molecule has 2 aromatic carbocycles. The van der Waals surface area contributed by atoms with E-state index in [1.807, 2.05) is 31.2 Å². The zero-order valence-electron chi connectivity index (χ0n) is 11.6. The molecule has 0 saturated carbocycles. The van der Waals surface area contributed by atoms with Gasteiger partial charge in [-0.1, -0.05) is 58.7 Å². The Hall–Kier alpha value is -2.10. The number of hydrogen-bond acceptors (Lipinski definition) is 3. The van der Waals surface area contributed by atoms with E-state index in [-0.39, 0.29) is 0 Å². The lowest BCUT2D eigenvalue weighted by molar-refractivity contribution is -0.136. The van der Waals surface area contributed by atoms with Crippen LogP contribution in [0.3, 0.4) is 0 Å². The van der Waals surface area contributed by atoms with Gasteiger partial charge in [-0.2, -0.15) is 0 Å². The predicted octanol–water partition coefficient (Wildman–Crippen LogP) is 4.65. The summed E-state index contributed by atoms with van der Waals surface area (Å²) < 4.78 is 0. The molecular formula is C17H11Cl2NO2. The quantitative estimate of drug-likeness (QED) is 0.593. The Labute approximate surface area is 137 Å². The van der Waals surface area contributed by atoms with E-state index in [4.69, 9.17) is 28.0 Å². The van der Waals surface area contributed by atoms with E-state index in [9.17, 15) is 4.79 Å². The lowest BCUT2D eigenvalue weighted by atomic mass is 9.97. The maximum Gasteiger partial charge on any atom is 0.368 e. The number of carbonyl (C=O) groups excluding carboxylic acids is 1. The molecule has 1 aliphatic heterocycles. The van der Waals surface area contributed by atoms with Crippen LogP contribution in [0.4, 0.5) is 0 Å². The standard InChI is InChI=1S/C17H11Cl2NO2/c1-10-4-2-3-5-13(10)16-14(17(21)22-20-16)8-11-6-7-12(18)9-15(11)19/h2-9H,1H3/b14-8-. The van der Waals surface area contributed by atoms with Crippen LogP contribution in [-0.2, 0) is 9.63 Å². The highest BCUT2D eigenvalue weighted by Gasteiger charge is 2.27. The second-order valence-corrected chi connectivity index (χ2v) is 5.70. The average Bonchev–Trinajstić information content (AvgIpc) is 2.84. The Bertz CT molecular complexity index is 825. The smallest absolute Gasteiger partial charge is 0.312 e. The third-order valence-corrected chi connectivity index (χ3v) is 3.92. The molecule has 0 bridgehead atoms. The number of rotatable bonds is 2. The molecule has 1 aliphatic rings. The number of hydrogen-bond donors (Lipinski definition) is 0. The average molecular weight is 332 g/mol. The Balaban J connectivity index is 2.08. The number of nitrogens with zero attached hydrogens (tertiary/aromatic N) is 1. The largest absolute Gasteiger partial charge is 0.368 e. The summed E-state index contributed by atoms with van der Waals surface area (Å²) in [5, 5.41) is 4.90. The number of aryl methyl sites for hydroxylation is 1. The Morgan fingerprint density at radius 3 is 2.64 bits per heavy atom. The molecule has 0 unspecified atom stereocenters. The lowest BCUT2D eigenvalue weighted by Crippen LogP contribution is -2.08. The summed E-state index contributed by atoms with van der Waals surface area (Å²) in [5.74, 6) is -0.496. The summed E-state index contributed by atoms with van der Waals surface area (Å²) in [5.41, 5.74) is 3.42. The van der Waals surface area contributed by atoms with Crippen molar-refractivity contribution in [1.29, 1.82) is 0 Å². The minimum atomic E-state index is -0.496. The number of carbonyl (C=O) groups is 1. The fourth-order valence-corrected chi connectivity index (χ4v) is 2.68. The van der Waals surface area contributed by atoms with Crippen LogP contribution in [0.1, 0.15) is 16.7 Å². The first-order chi connectivity index (χ1) is 10.6. The zero-order valence-corrected chi connectivity index (χ0v) is 13.2. The van der Waals surface area contributed by atoms with Gasteiger partial charge < -0.3 is 4.84 Å². The normalized spacial score (nSPS) is 15.9. The van der Waals surface area contributed by atoms with Crippen LogP contribution in [-0.4, -0.2) is 11.7 Å². The minimum absolute atomic E-state index is 0.374. The summed E-state index contributed by atoms with van der Waals surface area (Å²) in [6.45, 7) is 1.95. The molecule has 0 spiro atoms. The van der Waals surface area contributed by atoms with Crippen molar-refractivity contribution in [2.24, 2.45) is 5.16 Å². The summed E-state index contributed by atoms with van der Waals surface area (Å²) in [4.78, 5) is 16.8. The van der Waals surface area contributed by atoms with Crippen molar-refractivity contribution in [2.45, 2.75) is 6.92 Å². The van der Waals surface area contributed by atoms with Crippen molar-refractivity contribution in [3.63, 3.8) is 0 Å². The molecule has 22 heavy (non-hydrogen) atoms. The van der Waals surface area contributed by atoms with E-state index < -0.39 is 5.97 Å². The molecular weight excluding hydrogens is 321 g/mol. The molecule has 3 rings (SSSR count). The van der Waals surface area contributed by atoms with Crippen molar-refractivity contribution in [1.82, 2.24) is 0 Å². The first kappa shape index (κ1) is 14.8. The first-order valence-electron chi connectivity index (χ1n) is 6.59. The van der Waals surface area contributed by atoms with Gasteiger partial charge in [0.2, 0.25) is 0 Å². The van der Waals surface area contributed by atoms with Crippen molar-refractivity contribution < 1.29 is 9.63 Å². The fraction of sp³-hybridized carbons (Fsp3) is 0.0588. The van der Waals surface area contributed by atoms with Crippen LogP contribution in [0, 0.1) is 6.92 Å². The molecule has 2 aromatic rings. The molecule has 0 atom stereocenters. The second-order valence-electron chi connectivity index (χ2n) is 4.86. The van der Waals surface area contributed by atoms with E-state index >= 15 is 0 Å². The topological polar surface area (TPSA) is 38.7 Å². The molecule has 0 fully saturated rings. The van der Waals surface area contributed by atoms with Crippen LogP contribution < -0.4 is 0 Å². The first-order valence-corrected chi connectivity index (χ1v) is 7.34. The van der Waals surface area contributed by atoms with E-state index in [1.54, 1.807) is 24.3 Å². The van der Waals surface area contributed by atoms with Gasteiger partial charge in [-0.15, -0.1) is 0 Å². The van der Waals surface area contributed by atoms with Gasteiger partial charge in [-0.3, -0.25) is 0 Å². The molecule has 110 valence electrons. The Kier molecular flexibility index (Phi) is 4.01. The van der Waals surface area contributed by atoms with Gasteiger partial charge in [0.05, 0.1) is 5.57 Å². The van der Waals surface area contributed by atoms with E-state index in [0.29, 0.717) is 26.9 Å². The lowest BCUT2D eigenvalue weighted by Gasteiger charge is -2.05. The van der Waals surface area contributed by atoms with Crippen LogP contribution in [0.2, 0.25) is 10.0 Å². The highest BCUT2D eigenvalue weighted by atomic mass is 35.5. The van der Waals surface area contributed by atoms with E-state index in [2.05, 4.69) is 5.16 Å². The molecule has 0 amide bonds. The van der Waals surface area contributed by atoms with Gasteiger partial charge in [0.1, 0.15) is 5.71 Å². The molecule has 0 saturated heterocycles. The molecule has 0 radical (unpaired) electrons. The summed E-state index contributed by atoms with van der Waals surface area (Å²) in [7, 11) is 0. The number of benzene rings is 2. The summed E-state index contributed by atoms with van der Waals surface area (Å²) >= 11 is 12.0. The van der Waals surface area contributed by atoms with Crippen LogP contribution in [0.5, 0.6) is 0 Å². The van der Waals surface area contributed by atoms with E-state index in [1.165, 1.54) is 0 Å². The van der Waals surface area contributed by atoms with Gasteiger partial charge in [0, 0.05) is 15.6 Å².